The Morgan fingerprint density at radius 2 is 1.88 bits per heavy atom. The summed E-state index contributed by atoms with van der Waals surface area (Å²) >= 11 is 0. The van der Waals surface area contributed by atoms with E-state index < -0.39 is 10.0 Å². The van der Waals surface area contributed by atoms with Gasteiger partial charge in [-0.15, -0.1) is 0 Å². The van der Waals surface area contributed by atoms with E-state index in [1.807, 2.05) is 19.0 Å². The van der Waals surface area contributed by atoms with Crippen LogP contribution in [0.15, 0.2) is 18.2 Å². The number of rotatable bonds is 8. The van der Waals surface area contributed by atoms with Gasteiger partial charge in [0.25, 0.3) is 0 Å². The lowest BCUT2D eigenvalue weighted by Gasteiger charge is -2.25. The SMILES string of the molecule is CCS(=O)(=O)N(CC(=O)NCCN(C)C)c1ccc2c(c1)OCCO2. The van der Waals surface area contributed by atoms with E-state index >= 15 is 0 Å². The van der Waals surface area contributed by atoms with Crippen LogP contribution in [0, 0.1) is 0 Å². The summed E-state index contributed by atoms with van der Waals surface area (Å²) < 4.78 is 37.0. The molecule has 25 heavy (non-hydrogen) atoms. The van der Waals surface area contributed by atoms with Crippen molar-refractivity contribution in [1.29, 1.82) is 0 Å². The number of ether oxygens (including phenoxy) is 2. The molecule has 0 saturated carbocycles. The van der Waals surface area contributed by atoms with Crippen molar-refractivity contribution in [3.8, 4) is 11.5 Å². The predicted octanol–water partition coefficient (Wildman–Crippen LogP) is 0.292. The Balaban J connectivity index is 2.18. The van der Waals surface area contributed by atoms with Gasteiger partial charge in [-0.05, 0) is 33.2 Å². The number of hydrogen-bond acceptors (Lipinski definition) is 6. The number of nitrogens with zero attached hydrogens (tertiary/aromatic N) is 2. The normalized spacial score (nSPS) is 13.6. The first kappa shape index (κ1) is 19.3. The molecule has 2 rings (SSSR count). The van der Waals surface area contributed by atoms with Crippen LogP contribution in [-0.4, -0.2) is 71.9 Å². The Hall–Kier alpha value is -2.00. The molecule has 1 N–H and O–H groups in total. The maximum atomic E-state index is 12.5. The molecule has 0 bridgehead atoms. The first-order valence-electron chi connectivity index (χ1n) is 8.15. The number of anilines is 1. The molecule has 1 aromatic rings. The molecule has 0 aromatic heterocycles. The van der Waals surface area contributed by atoms with Gasteiger partial charge in [0.15, 0.2) is 11.5 Å². The predicted molar refractivity (Wildman–Crippen MR) is 95.8 cm³/mol. The maximum Gasteiger partial charge on any atom is 0.240 e. The lowest BCUT2D eigenvalue weighted by atomic mass is 10.2. The fourth-order valence-corrected chi connectivity index (χ4v) is 3.36. The molecule has 1 aliphatic heterocycles. The molecule has 9 heteroatoms. The van der Waals surface area contributed by atoms with Crippen molar-refractivity contribution in [2.45, 2.75) is 6.92 Å². The molecule has 0 saturated heterocycles. The number of amides is 1. The molecular formula is C16H25N3O5S. The molecule has 0 unspecified atom stereocenters. The fraction of sp³-hybridized carbons (Fsp3) is 0.562. The van der Waals surface area contributed by atoms with Crippen molar-refractivity contribution < 1.29 is 22.7 Å². The molecule has 140 valence electrons. The molecule has 0 atom stereocenters. The van der Waals surface area contributed by atoms with Crippen LogP contribution in [0.4, 0.5) is 5.69 Å². The minimum Gasteiger partial charge on any atom is -0.486 e. The second-order valence-corrected chi connectivity index (χ2v) is 8.07. The van der Waals surface area contributed by atoms with Gasteiger partial charge in [0.05, 0.1) is 11.4 Å². The van der Waals surface area contributed by atoms with Gasteiger partial charge < -0.3 is 19.7 Å². The number of nitrogens with one attached hydrogen (secondary N) is 1. The number of benzene rings is 1. The van der Waals surface area contributed by atoms with Gasteiger partial charge in [-0.25, -0.2) is 8.42 Å². The van der Waals surface area contributed by atoms with E-state index in [2.05, 4.69) is 5.32 Å². The van der Waals surface area contributed by atoms with Crippen molar-refractivity contribution in [1.82, 2.24) is 10.2 Å². The van der Waals surface area contributed by atoms with Crippen LogP contribution in [0.1, 0.15) is 6.92 Å². The molecule has 0 fully saturated rings. The summed E-state index contributed by atoms with van der Waals surface area (Å²) in [4.78, 5) is 14.1. The van der Waals surface area contributed by atoms with Gasteiger partial charge in [-0.3, -0.25) is 9.10 Å². The second-order valence-electron chi connectivity index (χ2n) is 5.89. The van der Waals surface area contributed by atoms with Crippen molar-refractivity contribution in [2.24, 2.45) is 0 Å². The summed E-state index contributed by atoms with van der Waals surface area (Å²) in [5, 5.41) is 2.73. The molecule has 0 spiro atoms. The summed E-state index contributed by atoms with van der Waals surface area (Å²) in [6.45, 7) is 3.26. The third-order valence-corrected chi connectivity index (χ3v) is 5.42. The zero-order chi connectivity index (χ0) is 18.4. The molecular weight excluding hydrogens is 346 g/mol. The number of carbonyl (C=O) groups is 1. The molecule has 0 aliphatic carbocycles. The molecule has 1 heterocycles. The van der Waals surface area contributed by atoms with Gasteiger partial charge in [-0.1, -0.05) is 0 Å². The molecule has 1 aliphatic rings. The van der Waals surface area contributed by atoms with Crippen LogP contribution in [0.2, 0.25) is 0 Å². The summed E-state index contributed by atoms with van der Waals surface area (Å²) in [5.74, 6) is 0.591. The highest BCUT2D eigenvalue weighted by Gasteiger charge is 2.25. The highest BCUT2D eigenvalue weighted by Crippen LogP contribution is 2.34. The highest BCUT2D eigenvalue weighted by molar-refractivity contribution is 7.92. The number of likely N-dealkylation sites (N-methyl/N-ethyl adjacent to an activating group) is 1. The van der Waals surface area contributed by atoms with Crippen molar-refractivity contribution in [2.75, 3.05) is 57.0 Å². The van der Waals surface area contributed by atoms with Gasteiger partial charge in [0, 0.05) is 19.2 Å². The van der Waals surface area contributed by atoms with Crippen molar-refractivity contribution >= 4 is 21.6 Å². The van der Waals surface area contributed by atoms with E-state index in [4.69, 9.17) is 9.47 Å². The monoisotopic (exact) mass is 371 g/mol. The van der Waals surface area contributed by atoms with Crippen molar-refractivity contribution in [3.63, 3.8) is 0 Å². The third kappa shape index (κ3) is 5.23. The largest absolute Gasteiger partial charge is 0.486 e. The lowest BCUT2D eigenvalue weighted by Crippen LogP contribution is -2.43. The van der Waals surface area contributed by atoms with Crippen LogP contribution >= 0.6 is 0 Å². The Morgan fingerprint density at radius 1 is 1.20 bits per heavy atom. The summed E-state index contributed by atoms with van der Waals surface area (Å²) in [6.07, 6.45) is 0. The van der Waals surface area contributed by atoms with Crippen LogP contribution in [-0.2, 0) is 14.8 Å². The Morgan fingerprint density at radius 3 is 2.52 bits per heavy atom. The van der Waals surface area contributed by atoms with Crippen LogP contribution in [0.25, 0.3) is 0 Å². The summed E-state index contributed by atoms with van der Waals surface area (Å²) in [7, 11) is 0.185. The fourth-order valence-electron chi connectivity index (χ4n) is 2.30. The van der Waals surface area contributed by atoms with Crippen LogP contribution in [0.3, 0.4) is 0 Å². The average Bonchev–Trinajstić information content (AvgIpc) is 2.58. The average molecular weight is 371 g/mol. The number of hydrogen-bond donors (Lipinski definition) is 1. The van der Waals surface area contributed by atoms with E-state index in [0.717, 1.165) is 4.31 Å². The van der Waals surface area contributed by atoms with Gasteiger partial charge >= 0.3 is 0 Å². The maximum absolute atomic E-state index is 12.5. The van der Waals surface area contributed by atoms with E-state index in [1.54, 1.807) is 25.1 Å². The van der Waals surface area contributed by atoms with E-state index in [1.165, 1.54) is 0 Å². The van der Waals surface area contributed by atoms with E-state index in [-0.39, 0.29) is 18.2 Å². The molecule has 1 amide bonds. The molecule has 0 radical (unpaired) electrons. The van der Waals surface area contributed by atoms with Gasteiger partial charge in [0.2, 0.25) is 15.9 Å². The smallest absolute Gasteiger partial charge is 0.240 e. The Labute approximate surface area is 148 Å². The molecule has 1 aromatic carbocycles. The Kier molecular flexibility index (Phi) is 6.49. The lowest BCUT2D eigenvalue weighted by molar-refractivity contribution is -0.119. The standard InChI is InChI=1S/C16H25N3O5S/c1-4-25(21,22)19(12-16(20)17-7-8-18(2)3)13-5-6-14-15(11-13)24-10-9-23-14/h5-6,11H,4,7-10,12H2,1-3H3,(H,17,20). The number of sulfonamides is 1. The topological polar surface area (TPSA) is 88.2 Å². The van der Waals surface area contributed by atoms with Crippen LogP contribution < -0.4 is 19.1 Å². The Bertz CT molecular complexity index is 706. The van der Waals surface area contributed by atoms with E-state index in [0.29, 0.717) is 43.5 Å². The highest BCUT2D eigenvalue weighted by atomic mass is 32.2. The second kappa shape index (κ2) is 8.39. The zero-order valence-corrected chi connectivity index (χ0v) is 15.6. The number of fused-ring (bicyclic) bond motifs is 1. The minimum absolute atomic E-state index is 0.105. The van der Waals surface area contributed by atoms with E-state index in [9.17, 15) is 13.2 Å². The molecule has 8 nitrogen and oxygen atoms in total. The quantitative estimate of drug-likeness (QED) is 0.707. The zero-order valence-electron chi connectivity index (χ0n) is 14.8. The summed E-state index contributed by atoms with van der Waals surface area (Å²) in [6, 6.07) is 4.87. The van der Waals surface area contributed by atoms with Gasteiger partial charge in [0.1, 0.15) is 19.8 Å². The first-order chi connectivity index (χ1) is 11.8. The first-order valence-corrected chi connectivity index (χ1v) is 9.76. The summed E-state index contributed by atoms with van der Waals surface area (Å²) in [5.41, 5.74) is 0.383. The minimum atomic E-state index is -3.61. The number of carbonyl (C=O) groups excluding carboxylic acids is 1. The third-order valence-electron chi connectivity index (χ3n) is 3.68. The van der Waals surface area contributed by atoms with Gasteiger partial charge in [-0.2, -0.15) is 0 Å². The van der Waals surface area contributed by atoms with Crippen molar-refractivity contribution in [3.05, 3.63) is 18.2 Å². The van der Waals surface area contributed by atoms with Crippen LogP contribution in [0.5, 0.6) is 11.5 Å².